The van der Waals surface area contributed by atoms with Crippen molar-refractivity contribution in [3.63, 3.8) is 0 Å². The molecule has 2 aromatic carbocycles. The van der Waals surface area contributed by atoms with Gasteiger partial charge in [0, 0.05) is 29.8 Å². The molecule has 4 nitrogen and oxygen atoms in total. The summed E-state index contributed by atoms with van der Waals surface area (Å²) in [5.41, 5.74) is 4.80. The third kappa shape index (κ3) is 3.25. The number of rotatable bonds is 5. The zero-order valence-corrected chi connectivity index (χ0v) is 15.0. The summed E-state index contributed by atoms with van der Waals surface area (Å²) in [6.45, 7) is 8.01. The van der Waals surface area contributed by atoms with Crippen molar-refractivity contribution in [2.45, 2.75) is 26.8 Å². The van der Waals surface area contributed by atoms with E-state index in [-0.39, 0.29) is 0 Å². The number of benzene rings is 2. The first-order valence-electron chi connectivity index (χ1n) is 8.78. The van der Waals surface area contributed by atoms with Crippen molar-refractivity contribution in [2.24, 2.45) is 5.10 Å². The van der Waals surface area contributed by atoms with Crippen LogP contribution < -0.4 is 0 Å². The molecule has 0 spiro atoms. The van der Waals surface area contributed by atoms with E-state index in [0.29, 0.717) is 0 Å². The molecule has 0 amide bonds. The van der Waals surface area contributed by atoms with Gasteiger partial charge in [0.1, 0.15) is 11.4 Å². The van der Waals surface area contributed by atoms with E-state index in [2.05, 4.69) is 30.8 Å². The molecule has 1 aliphatic rings. The monoisotopic (exact) mass is 334 g/mol. The van der Waals surface area contributed by atoms with Gasteiger partial charge in [-0.25, -0.2) is 0 Å². The number of hydrogen-bond donors (Lipinski definition) is 0. The number of hydrazone groups is 1. The second-order valence-electron chi connectivity index (χ2n) is 6.11. The number of likely N-dealkylation sites (N-methyl/N-ethyl adjacent to an activating group) is 1. The molecule has 4 heteroatoms. The van der Waals surface area contributed by atoms with Crippen molar-refractivity contribution >= 4 is 5.71 Å². The minimum atomic E-state index is -0.409. The summed E-state index contributed by atoms with van der Waals surface area (Å²) >= 11 is 0. The average Bonchev–Trinajstić information content (AvgIpc) is 2.66. The van der Waals surface area contributed by atoms with Gasteiger partial charge in [-0.1, -0.05) is 60.7 Å². The summed E-state index contributed by atoms with van der Waals surface area (Å²) < 4.78 is 0. The van der Waals surface area contributed by atoms with Crippen LogP contribution in [0.3, 0.4) is 0 Å². The van der Waals surface area contributed by atoms with Gasteiger partial charge in [0.05, 0.1) is 10.0 Å². The Morgan fingerprint density at radius 3 is 2.08 bits per heavy atom. The fourth-order valence-corrected chi connectivity index (χ4v) is 3.43. The highest BCUT2D eigenvalue weighted by molar-refractivity contribution is 6.12. The molecule has 0 aliphatic carbocycles. The van der Waals surface area contributed by atoms with Crippen LogP contribution in [-0.2, 0) is 0 Å². The van der Waals surface area contributed by atoms with Gasteiger partial charge in [-0.2, -0.15) is 0 Å². The summed E-state index contributed by atoms with van der Waals surface area (Å²) in [4.78, 5) is 16.1. The lowest BCUT2D eigenvalue weighted by molar-refractivity contribution is -0.592. The SMILES string of the molecule is CCN(CC)C1=C(C)C(c2ccccc2)=N[N+](=O)C1c1ccccc1. The smallest absolute Gasteiger partial charge is 0.301 e. The third-order valence-electron chi connectivity index (χ3n) is 4.68. The van der Waals surface area contributed by atoms with E-state index in [4.69, 9.17) is 0 Å². The summed E-state index contributed by atoms with van der Waals surface area (Å²) in [7, 11) is 0. The maximum atomic E-state index is 12.9. The van der Waals surface area contributed by atoms with Crippen molar-refractivity contribution in [1.29, 1.82) is 0 Å². The summed E-state index contributed by atoms with van der Waals surface area (Å²) in [6, 6.07) is 19.4. The Morgan fingerprint density at radius 2 is 1.52 bits per heavy atom. The molecule has 0 radical (unpaired) electrons. The lowest BCUT2D eigenvalue weighted by atomic mass is 9.93. The molecule has 0 N–H and O–H groups in total. The molecule has 1 heterocycles. The minimum Gasteiger partial charge on any atom is -0.369 e. The molecular weight excluding hydrogens is 310 g/mol. The molecule has 3 rings (SSSR count). The third-order valence-corrected chi connectivity index (χ3v) is 4.68. The molecule has 128 valence electrons. The molecule has 1 aliphatic heterocycles. The van der Waals surface area contributed by atoms with Crippen molar-refractivity contribution in [2.75, 3.05) is 13.1 Å². The van der Waals surface area contributed by atoms with E-state index < -0.39 is 6.04 Å². The first-order valence-corrected chi connectivity index (χ1v) is 8.78. The standard InChI is InChI=1S/C21H24N3O/c1-4-23(5-2)20-16(3)19(17-12-8-6-9-13-17)22-24(25)21(20)18-14-10-7-11-15-18/h6-15,21H,4-5H2,1-3H3/q+1. The molecule has 0 saturated carbocycles. The predicted octanol–water partition coefficient (Wildman–Crippen LogP) is 4.54. The summed E-state index contributed by atoms with van der Waals surface area (Å²) in [5.74, 6) is 0. The van der Waals surface area contributed by atoms with E-state index >= 15 is 0 Å². The van der Waals surface area contributed by atoms with Gasteiger partial charge >= 0.3 is 6.04 Å². The normalized spacial score (nSPS) is 17.5. The highest BCUT2D eigenvalue weighted by atomic mass is 16.3. The topological polar surface area (TPSA) is 35.7 Å². The van der Waals surface area contributed by atoms with Crippen LogP contribution in [0.1, 0.15) is 37.9 Å². The minimum absolute atomic E-state index is 0.409. The Balaban J connectivity index is 2.17. The number of nitroso groups, excluding NO2 is 1. The molecule has 2 aromatic rings. The van der Waals surface area contributed by atoms with Crippen LogP contribution in [0.5, 0.6) is 0 Å². The second-order valence-corrected chi connectivity index (χ2v) is 6.11. The molecule has 0 fully saturated rings. The first kappa shape index (κ1) is 17.1. The number of nitrogens with zero attached hydrogens (tertiary/aromatic N) is 3. The van der Waals surface area contributed by atoms with Crippen LogP contribution in [0, 0.1) is 4.91 Å². The van der Waals surface area contributed by atoms with Crippen LogP contribution in [-0.4, -0.2) is 28.6 Å². The van der Waals surface area contributed by atoms with Gasteiger partial charge in [0.2, 0.25) is 0 Å². The zero-order chi connectivity index (χ0) is 17.8. The molecule has 1 atom stereocenters. The van der Waals surface area contributed by atoms with Gasteiger partial charge in [0.15, 0.2) is 4.87 Å². The Kier molecular flexibility index (Phi) is 5.08. The fourth-order valence-electron chi connectivity index (χ4n) is 3.43. The fraction of sp³-hybridized carbons (Fsp3) is 0.286. The van der Waals surface area contributed by atoms with Crippen molar-refractivity contribution in [1.82, 2.24) is 4.90 Å². The Labute approximate surface area is 149 Å². The Bertz CT molecular complexity index is 806. The largest absolute Gasteiger partial charge is 0.369 e. The van der Waals surface area contributed by atoms with Gasteiger partial charge in [-0.3, -0.25) is 0 Å². The first-order chi connectivity index (χ1) is 12.2. The zero-order valence-electron chi connectivity index (χ0n) is 15.0. The van der Waals surface area contributed by atoms with Crippen molar-refractivity contribution < 1.29 is 4.87 Å². The Hall–Kier alpha value is -2.75. The maximum absolute atomic E-state index is 12.9. The lowest BCUT2D eigenvalue weighted by Gasteiger charge is -2.29. The van der Waals surface area contributed by atoms with Gasteiger partial charge < -0.3 is 4.90 Å². The van der Waals surface area contributed by atoms with Crippen LogP contribution in [0.2, 0.25) is 0 Å². The van der Waals surface area contributed by atoms with Gasteiger partial charge in [0.25, 0.3) is 0 Å². The predicted molar refractivity (Wildman–Crippen MR) is 101 cm³/mol. The van der Waals surface area contributed by atoms with Crippen LogP contribution in [0.15, 0.2) is 77.0 Å². The number of hydrogen-bond acceptors (Lipinski definition) is 2. The highest BCUT2D eigenvalue weighted by Crippen LogP contribution is 2.35. The number of allylic oxidation sites excluding steroid dienone is 1. The van der Waals surface area contributed by atoms with Crippen LogP contribution in [0.4, 0.5) is 0 Å². The van der Waals surface area contributed by atoms with Crippen LogP contribution >= 0.6 is 0 Å². The quantitative estimate of drug-likeness (QED) is 0.753. The van der Waals surface area contributed by atoms with Gasteiger partial charge in [-0.15, -0.1) is 0 Å². The van der Waals surface area contributed by atoms with Crippen molar-refractivity contribution in [3.8, 4) is 0 Å². The average molecular weight is 334 g/mol. The van der Waals surface area contributed by atoms with Gasteiger partial charge in [-0.05, 0) is 20.8 Å². The molecule has 0 bridgehead atoms. The summed E-state index contributed by atoms with van der Waals surface area (Å²) in [6.07, 6.45) is 0. The molecule has 25 heavy (non-hydrogen) atoms. The highest BCUT2D eigenvalue weighted by Gasteiger charge is 2.41. The van der Waals surface area contributed by atoms with E-state index in [0.717, 1.165) is 46.1 Å². The molecule has 0 saturated heterocycles. The van der Waals surface area contributed by atoms with E-state index in [1.807, 2.05) is 60.7 Å². The molecular formula is C21H24N3O+. The second kappa shape index (κ2) is 7.43. The molecule has 0 aromatic heterocycles. The van der Waals surface area contributed by atoms with E-state index in [9.17, 15) is 4.91 Å². The molecule has 1 unspecified atom stereocenters. The van der Waals surface area contributed by atoms with Crippen molar-refractivity contribution in [3.05, 3.63) is 88.0 Å². The lowest BCUT2D eigenvalue weighted by Crippen LogP contribution is -2.35. The maximum Gasteiger partial charge on any atom is 0.301 e. The Morgan fingerprint density at radius 1 is 0.960 bits per heavy atom. The van der Waals surface area contributed by atoms with E-state index in [1.54, 1.807) is 0 Å². The van der Waals surface area contributed by atoms with E-state index in [1.165, 1.54) is 0 Å². The summed E-state index contributed by atoms with van der Waals surface area (Å²) in [5, 5.41) is 4.40. The van der Waals surface area contributed by atoms with Crippen LogP contribution in [0.25, 0.3) is 0 Å².